The Morgan fingerprint density at radius 1 is 1.03 bits per heavy atom. The highest BCUT2D eigenvalue weighted by molar-refractivity contribution is 7.78. The number of aliphatic hydroxyl groups is 2. The van der Waals surface area contributed by atoms with Crippen molar-refractivity contribution in [2.75, 3.05) is 6.61 Å². The second-order valence-electron chi connectivity index (χ2n) is 7.92. The molecule has 0 radical (unpaired) electrons. The summed E-state index contributed by atoms with van der Waals surface area (Å²) in [7, 11) is -11.1. The van der Waals surface area contributed by atoms with Crippen LogP contribution in [-0.2, 0) is 30.9 Å². The highest BCUT2D eigenvalue weighted by atomic mass is 35.5. The van der Waals surface area contributed by atoms with Crippen LogP contribution in [0.15, 0.2) is 52.2 Å². The molecule has 1 aromatic heterocycles. The number of hydrogen-bond donors (Lipinski definition) is 5. The van der Waals surface area contributed by atoms with E-state index in [-0.39, 0.29) is 4.57 Å². The van der Waals surface area contributed by atoms with Crippen LogP contribution in [0.4, 0.5) is 8.78 Å². The standard InChI is InChI=1S/C18H20Cl2F2N2O11P2/c19-18(20,36(29,30)31)37(32,33)34-8-11-13(26)14(27)15(35-11)23-7-6-12(25)24(16(23)28)9-17(21,22)10-4-2-1-3-5-10/h1-7,11,13-15,26-27H,8-9H2,(H,32,33)(H2,29,30,31). The van der Waals surface area contributed by atoms with Gasteiger partial charge in [-0.1, -0.05) is 53.5 Å². The average Bonchev–Trinajstić information content (AvgIpc) is 3.09. The largest absolute Gasteiger partial charge is 0.387 e. The van der Waals surface area contributed by atoms with E-state index in [9.17, 15) is 42.6 Å². The molecule has 0 aliphatic carbocycles. The van der Waals surface area contributed by atoms with E-state index in [1.807, 2.05) is 0 Å². The van der Waals surface area contributed by atoms with Crippen LogP contribution in [0.25, 0.3) is 0 Å². The lowest BCUT2D eigenvalue weighted by atomic mass is 10.1. The zero-order valence-electron chi connectivity index (χ0n) is 18.3. The van der Waals surface area contributed by atoms with Gasteiger partial charge in [0, 0.05) is 17.8 Å². The van der Waals surface area contributed by atoms with Gasteiger partial charge in [-0.05, 0) is 0 Å². The number of alkyl halides is 4. The van der Waals surface area contributed by atoms with Crippen molar-refractivity contribution in [1.29, 1.82) is 0 Å². The Balaban J connectivity index is 1.85. The van der Waals surface area contributed by atoms with Gasteiger partial charge in [-0.2, -0.15) is 8.78 Å². The number of benzene rings is 1. The number of hydrogen-bond acceptors (Lipinski definition) is 8. The molecule has 0 spiro atoms. The van der Waals surface area contributed by atoms with E-state index >= 15 is 0 Å². The van der Waals surface area contributed by atoms with Crippen molar-refractivity contribution in [2.45, 2.75) is 40.8 Å². The van der Waals surface area contributed by atoms with Gasteiger partial charge >= 0.3 is 24.7 Å². The molecule has 0 saturated carbocycles. The summed E-state index contributed by atoms with van der Waals surface area (Å²) in [6.45, 7) is -2.47. The first-order valence-corrected chi connectivity index (χ1v) is 14.0. The van der Waals surface area contributed by atoms with Gasteiger partial charge < -0.3 is 34.2 Å². The van der Waals surface area contributed by atoms with Crippen LogP contribution >= 0.6 is 38.4 Å². The fourth-order valence-electron chi connectivity index (χ4n) is 3.36. The summed E-state index contributed by atoms with van der Waals surface area (Å²) >= 11 is 10.6. The highest BCUT2D eigenvalue weighted by Crippen LogP contribution is 2.75. The SMILES string of the molecule is O=c1ccn(C2OC(COP(=O)(O)C(Cl)(Cl)P(=O)(O)O)C(O)C2O)c(=O)n1CC(F)(F)c1ccccc1. The lowest BCUT2D eigenvalue weighted by Gasteiger charge is -2.26. The Hall–Kier alpha value is -1.48. The summed E-state index contributed by atoms with van der Waals surface area (Å²) in [5, 5.41) is 20.6. The molecule has 37 heavy (non-hydrogen) atoms. The van der Waals surface area contributed by atoms with Crippen molar-refractivity contribution in [3.05, 3.63) is 69.0 Å². The molecule has 5 atom stereocenters. The molecular weight excluding hydrogens is 591 g/mol. The monoisotopic (exact) mass is 610 g/mol. The summed E-state index contributed by atoms with van der Waals surface area (Å²) < 4.78 is 59.9. The summed E-state index contributed by atoms with van der Waals surface area (Å²) in [6, 6.07) is 7.11. The minimum absolute atomic E-state index is 0.191. The molecule has 206 valence electrons. The number of halogens is 4. The number of aromatic nitrogens is 2. The van der Waals surface area contributed by atoms with E-state index in [0.717, 1.165) is 24.4 Å². The summed E-state index contributed by atoms with van der Waals surface area (Å²) in [5.74, 6) is -3.65. The van der Waals surface area contributed by atoms with Crippen LogP contribution in [0, 0.1) is 0 Å². The first-order chi connectivity index (χ1) is 16.9. The summed E-state index contributed by atoms with van der Waals surface area (Å²) in [4.78, 5) is 53.1. The van der Waals surface area contributed by atoms with E-state index in [1.54, 1.807) is 0 Å². The van der Waals surface area contributed by atoms with Gasteiger partial charge in [0.05, 0.1) is 13.2 Å². The second kappa shape index (κ2) is 10.6. The van der Waals surface area contributed by atoms with Crippen molar-refractivity contribution in [3.63, 3.8) is 0 Å². The summed E-state index contributed by atoms with van der Waals surface area (Å²) in [5.41, 5.74) is -2.90. The topological polar surface area (TPSA) is 198 Å². The van der Waals surface area contributed by atoms with Gasteiger partial charge in [0.2, 0.25) is 0 Å². The average molecular weight is 611 g/mol. The van der Waals surface area contributed by atoms with Crippen LogP contribution in [0.2, 0.25) is 0 Å². The molecule has 1 saturated heterocycles. The molecule has 19 heteroatoms. The van der Waals surface area contributed by atoms with Crippen LogP contribution in [0.3, 0.4) is 0 Å². The minimum atomic E-state index is -5.59. The molecule has 1 aromatic carbocycles. The molecule has 5 unspecified atom stereocenters. The number of ether oxygens (including phenoxy) is 1. The van der Waals surface area contributed by atoms with E-state index in [0.29, 0.717) is 4.57 Å². The van der Waals surface area contributed by atoms with Gasteiger partial charge in [-0.3, -0.25) is 23.1 Å². The van der Waals surface area contributed by atoms with Crippen molar-refractivity contribution >= 4 is 38.4 Å². The highest BCUT2D eigenvalue weighted by Gasteiger charge is 2.60. The fraction of sp³-hybridized carbons (Fsp3) is 0.444. The maximum atomic E-state index is 14.7. The Kier molecular flexibility index (Phi) is 8.61. The van der Waals surface area contributed by atoms with Crippen LogP contribution < -0.4 is 11.2 Å². The molecular formula is C18H20Cl2F2N2O11P2. The minimum Gasteiger partial charge on any atom is -0.387 e. The predicted octanol–water partition coefficient (Wildman–Crippen LogP) is 0.890. The third-order valence-corrected chi connectivity index (χ3v) is 11.4. The Morgan fingerprint density at radius 2 is 1.62 bits per heavy atom. The van der Waals surface area contributed by atoms with E-state index in [1.165, 1.54) is 18.2 Å². The molecule has 3 rings (SSSR count). The maximum Gasteiger partial charge on any atom is 0.376 e. The van der Waals surface area contributed by atoms with Crippen LogP contribution in [0.5, 0.6) is 0 Å². The quantitative estimate of drug-likeness (QED) is 0.199. The van der Waals surface area contributed by atoms with Crippen molar-refractivity contribution in [2.24, 2.45) is 0 Å². The zero-order chi connectivity index (χ0) is 28.0. The van der Waals surface area contributed by atoms with Crippen molar-refractivity contribution in [3.8, 4) is 0 Å². The molecule has 5 N–H and O–H groups in total. The van der Waals surface area contributed by atoms with E-state index < -0.39 is 79.4 Å². The van der Waals surface area contributed by atoms with Crippen molar-refractivity contribution < 1.29 is 52.1 Å². The lowest BCUT2D eigenvalue weighted by Crippen LogP contribution is -2.45. The first kappa shape index (κ1) is 30.1. The lowest BCUT2D eigenvalue weighted by molar-refractivity contribution is -0.0555. The maximum absolute atomic E-state index is 14.7. The zero-order valence-corrected chi connectivity index (χ0v) is 21.6. The van der Waals surface area contributed by atoms with Crippen LogP contribution in [-0.4, -0.2) is 62.8 Å². The third-order valence-electron chi connectivity index (χ3n) is 5.36. The van der Waals surface area contributed by atoms with Gasteiger partial charge in [0.1, 0.15) is 18.3 Å². The molecule has 13 nitrogen and oxygen atoms in total. The Labute approximate surface area is 216 Å². The first-order valence-electron chi connectivity index (χ1n) is 10.1. The number of rotatable bonds is 9. The molecule has 0 amide bonds. The van der Waals surface area contributed by atoms with E-state index in [2.05, 4.69) is 4.52 Å². The van der Waals surface area contributed by atoms with Gasteiger partial charge in [0.15, 0.2) is 6.23 Å². The Morgan fingerprint density at radius 3 is 2.19 bits per heavy atom. The molecule has 1 aliphatic rings. The number of nitrogens with zero attached hydrogens (tertiary/aromatic N) is 2. The van der Waals surface area contributed by atoms with Gasteiger partial charge in [0.25, 0.3) is 11.5 Å². The van der Waals surface area contributed by atoms with E-state index in [4.69, 9.17) is 37.7 Å². The van der Waals surface area contributed by atoms with Crippen LogP contribution in [0.1, 0.15) is 11.8 Å². The third kappa shape index (κ3) is 5.92. The summed E-state index contributed by atoms with van der Waals surface area (Å²) in [6.07, 6.45) is -6.52. The normalized spacial score (nSPS) is 24.7. The Bertz CT molecular complexity index is 1350. The smallest absolute Gasteiger partial charge is 0.376 e. The second-order valence-corrected chi connectivity index (χ2v) is 14.4. The predicted molar refractivity (Wildman–Crippen MR) is 123 cm³/mol. The fourth-order valence-corrected chi connectivity index (χ4v) is 5.64. The molecule has 1 fully saturated rings. The van der Waals surface area contributed by atoms with Crippen molar-refractivity contribution in [1.82, 2.24) is 9.13 Å². The molecule has 2 aromatic rings. The number of aliphatic hydroxyl groups excluding tert-OH is 2. The van der Waals surface area contributed by atoms with Gasteiger partial charge in [-0.15, -0.1) is 0 Å². The van der Waals surface area contributed by atoms with Gasteiger partial charge in [-0.25, -0.2) is 4.79 Å². The molecule has 0 bridgehead atoms. The molecule has 2 heterocycles. The molecule has 1 aliphatic heterocycles.